The highest BCUT2D eigenvalue weighted by Gasteiger charge is 2.28. The summed E-state index contributed by atoms with van der Waals surface area (Å²) in [7, 11) is 2.70. The van der Waals surface area contributed by atoms with Crippen LogP contribution in [0.4, 0.5) is 0 Å². The minimum atomic E-state index is -0.956. The Hall–Kier alpha value is -2.50. The van der Waals surface area contributed by atoms with Crippen LogP contribution in [-0.2, 0) is 23.7 Å². The van der Waals surface area contributed by atoms with Crippen LogP contribution < -0.4 is 10.9 Å². The molecule has 0 bridgehead atoms. The van der Waals surface area contributed by atoms with Gasteiger partial charge >= 0.3 is 11.9 Å². The van der Waals surface area contributed by atoms with Crippen molar-refractivity contribution in [1.29, 1.82) is 0 Å². The van der Waals surface area contributed by atoms with Gasteiger partial charge in [0.1, 0.15) is 17.5 Å². The van der Waals surface area contributed by atoms with Crippen molar-refractivity contribution in [3.63, 3.8) is 0 Å². The van der Waals surface area contributed by atoms with Crippen molar-refractivity contribution >= 4 is 11.9 Å². The summed E-state index contributed by atoms with van der Waals surface area (Å²) in [5.74, 6) is -2.21. The van der Waals surface area contributed by atoms with Gasteiger partial charge in [-0.15, -0.1) is 0 Å². The van der Waals surface area contributed by atoms with Gasteiger partial charge in [0.15, 0.2) is 5.69 Å². The SMILES string of the molecule is CCCCOC[C@H](CCC(NC(C)C(=O)OC(C)(C)C)c1nc(C(=O)OC)c(O)c(=O)[nH]1)OC. The van der Waals surface area contributed by atoms with E-state index in [9.17, 15) is 19.5 Å². The van der Waals surface area contributed by atoms with Gasteiger partial charge in [-0.05, 0) is 47.0 Å². The standard InChI is InChI=1S/C23H39N3O8/c1-8-9-12-33-13-15(31-6)10-11-16(24-14(2)21(29)34-23(3,4)5)19-25-17(22(30)32-7)18(27)20(28)26-19/h14-16,24,27H,8-13H2,1-7H3,(H,25,26,28)/t14?,15-,16?/m0/s1. The summed E-state index contributed by atoms with van der Waals surface area (Å²) in [6, 6.07) is -1.43. The minimum Gasteiger partial charge on any atom is -0.501 e. The van der Waals surface area contributed by atoms with Crippen LogP contribution in [0.2, 0.25) is 0 Å². The van der Waals surface area contributed by atoms with Crippen LogP contribution >= 0.6 is 0 Å². The van der Waals surface area contributed by atoms with Crippen molar-refractivity contribution in [2.45, 2.75) is 84.1 Å². The molecule has 0 aliphatic carbocycles. The smallest absolute Gasteiger partial charge is 0.360 e. The first-order valence-electron chi connectivity index (χ1n) is 11.4. The molecule has 3 N–H and O–H groups in total. The summed E-state index contributed by atoms with van der Waals surface area (Å²) in [6.07, 6.45) is 2.61. The second-order valence-corrected chi connectivity index (χ2v) is 8.98. The Kier molecular flexibility index (Phi) is 12.2. The predicted octanol–water partition coefficient (Wildman–Crippen LogP) is 2.23. The van der Waals surface area contributed by atoms with Crippen molar-refractivity contribution in [3.05, 3.63) is 21.9 Å². The average molecular weight is 486 g/mol. The van der Waals surface area contributed by atoms with E-state index in [2.05, 4.69) is 26.9 Å². The molecule has 0 amide bonds. The Morgan fingerprint density at radius 1 is 1.21 bits per heavy atom. The first kappa shape index (κ1) is 29.5. The predicted molar refractivity (Wildman–Crippen MR) is 125 cm³/mol. The molecule has 2 unspecified atom stereocenters. The highest BCUT2D eigenvalue weighted by molar-refractivity contribution is 5.89. The van der Waals surface area contributed by atoms with E-state index in [0.29, 0.717) is 26.1 Å². The Labute approximate surface area is 200 Å². The summed E-state index contributed by atoms with van der Waals surface area (Å²) in [4.78, 5) is 43.4. The van der Waals surface area contributed by atoms with Crippen LogP contribution in [0.5, 0.6) is 5.75 Å². The van der Waals surface area contributed by atoms with Gasteiger partial charge < -0.3 is 29.0 Å². The van der Waals surface area contributed by atoms with E-state index in [1.807, 2.05) is 0 Å². The first-order chi connectivity index (χ1) is 15.9. The van der Waals surface area contributed by atoms with Crippen LogP contribution in [0, 0.1) is 0 Å². The van der Waals surface area contributed by atoms with E-state index in [1.54, 1.807) is 34.8 Å². The van der Waals surface area contributed by atoms with Crippen LogP contribution in [0.1, 0.15) is 82.7 Å². The number of aromatic nitrogens is 2. The number of unbranched alkanes of at least 4 members (excludes halogenated alkanes) is 1. The van der Waals surface area contributed by atoms with Gasteiger partial charge in [0.2, 0.25) is 5.75 Å². The largest absolute Gasteiger partial charge is 0.501 e. The summed E-state index contributed by atoms with van der Waals surface area (Å²) in [6.45, 7) is 10.0. The number of esters is 2. The molecule has 0 radical (unpaired) electrons. The van der Waals surface area contributed by atoms with E-state index >= 15 is 0 Å². The molecular weight excluding hydrogens is 446 g/mol. The Balaban J connectivity index is 3.15. The Morgan fingerprint density at radius 2 is 1.88 bits per heavy atom. The first-order valence-corrected chi connectivity index (χ1v) is 11.4. The molecule has 34 heavy (non-hydrogen) atoms. The van der Waals surface area contributed by atoms with Crippen LogP contribution in [0.3, 0.4) is 0 Å². The van der Waals surface area contributed by atoms with Crippen molar-refractivity contribution in [2.24, 2.45) is 0 Å². The molecule has 0 aliphatic heterocycles. The zero-order chi connectivity index (χ0) is 25.9. The second-order valence-electron chi connectivity index (χ2n) is 8.98. The fourth-order valence-corrected chi connectivity index (χ4v) is 3.03. The van der Waals surface area contributed by atoms with Crippen molar-refractivity contribution in [2.75, 3.05) is 27.4 Å². The monoisotopic (exact) mass is 485 g/mol. The number of carbonyl (C=O) groups excluding carboxylic acids is 2. The van der Waals surface area contributed by atoms with Crippen LogP contribution in [0.15, 0.2) is 4.79 Å². The molecule has 0 fully saturated rings. The quantitative estimate of drug-likeness (QED) is 0.264. The van der Waals surface area contributed by atoms with E-state index in [-0.39, 0.29) is 11.9 Å². The summed E-state index contributed by atoms with van der Waals surface area (Å²) in [5.41, 5.74) is -2.08. The number of H-pyrrole nitrogens is 1. The lowest BCUT2D eigenvalue weighted by atomic mass is 10.1. The van der Waals surface area contributed by atoms with Crippen molar-refractivity contribution in [1.82, 2.24) is 15.3 Å². The van der Waals surface area contributed by atoms with Gasteiger partial charge in [0, 0.05) is 13.7 Å². The van der Waals surface area contributed by atoms with E-state index in [0.717, 1.165) is 20.0 Å². The van der Waals surface area contributed by atoms with Gasteiger partial charge in [0.05, 0.1) is 25.9 Å². The third-order valence-electron chi connectivity index (χ3n) is 4.89. The topological polar surface area (TPSA) is 149 Å². The maximum absolute atomic E-state index is 12.5. The lowest BCUT2D eigenvalue weighted by molar-refractivity contribution is -0.157. The fraction of sp³-hybridized carbons (Fsp3) is 0.739. The molecule has 11 nitrogen and oxygen atoms in total. The number of carbonyl (C=O) groups is 2. The molecule has 0 aliphatic rings. The Bertz CT molecular complexity index is 850. The number of aromatic hydroxyl groups is 1. The summed E-state index contributed by atoms with van der Waals surface area (Å²) < 4.78 is 21.2. The molecule has 0 aromatic carbocycles. The van der Waals surface area contributed by atoms with Gasteiger partial charge in [-0.25, -0.2) is 9.78 Å². The van der Waals surface area contributed by atoms with Gasteiger partial charge in [-0.1, -0.05) is 13.3 Å². The molecule has 194 valence electrons. The van der Waals surface area contributed by atoms with Crippen molar-refractivity contribution < 1.29 is 33.6 Å². The average Bonchev–Trinajstić information content (AvgIpc) is 2.77. The lowest BCUT2D eigenvalue weighted by Gasteiger charge is -2.27. The molecule has 1 rings (SSSR count). The number of hydrogen-bond donors (Lipinski definition) is 3. The molecule has 1 aromatic rings. The normalized spacial score (nSPS) is 14.3. The minimum absolute atomic E-state index is 0.0698. The Morgan fingerprint density at radius 3 is 2.44 bits per heavy atom. The molecular formula is C23H39N3O8. The highest BCUT2D eigenvalue weighted by Crippen LogP contribution is 2.21. The van der Waals surface area contributed by atoms with Crippen LogP contribution in [0.25, 0.3) is 0 Å². The molecule has 1 aromatic heterocycles. The van der Waals surface area contributed by atoms with Gasteiger partial charge in [-0.2, -0.15) is 0 Å². The maximum atomic E-state index is 12.5. The molecule has 3 atom stereocenters. The zero-order valence-electron chi connectivity index (χ0n) is 21.2. The molecule has 1 heterocycles. The van der Waals surface area contributed by atoms with E-state index < -0.39 is 46.6 Å². The molecule has 0 saturated heterocycles. The second kappa shape index (κ2) is 14.0. The van der Waals surface area contributed by atoms with Gasteiger partial charge in [0.25, 0.3) is 5.56 Å². The number of hydrogen-bond acceptors (Lipinski definition) is 10. The number of nitrogens with one attached hydrogen (secondary N) is 2. The molecule has 0 saturated carbocycles. The number of rotatable bonds is 14. The van der Waals surface area contributed by atoms with Gasteiger partial charge in [-0.3, -0.25) is 14.9 Å². The third-order valence-corrected chi connectivity index (χ3v) is 4.89. The third kappa shape index (κ3) is 9.78. The molecule has 0 spiro atoms. The summed E-state index contributed by atoms with van der Waals surface area (Å²) in [5, 5.41) is 13.1. The highest BCUT2D eigenvalue weighted by atomic mass is 16.6. The van der Waals surface area contributed by atoms with E-state index in [1.165, 1.54) is 0 Å². The fourth-order valence-electron chi connectivity index (χ4n) is 3.03. The molecule has 11 heteroatoms. The number of ether oxygens (including phenoxy) is 4. The number of methoxy groups -OCH3 is 2. The van der Waals surface area contributed by atoms with Crippen molar-refractivity contribution in [3.8, 4) is 5.75 Å². The zero-order valence-corrected chi connectivity index (χ0v) is 21.2. The summed E-state index contributed by atoms with van der Waals surface area (Å²) >= 11 is 0. The number of aromatic amines is 1. The van der Waals surface area contributed by atoms with Crippen LogP contribution in [-0.4, -0.2) is 72.2 Å². The lowest BCUT2D eigenvalue weighted by Crippen LogP contribution is -2.42. The number of nitrogens with zero attached hydrogens (tertiary/aromatic N) is 1. The maximum Gasteiger partial charge on any atom is 0.360 e. The van der Waals surface area contributed by atoms with E-state index in [4.69, 9.17) is 14.2 Å².